The van der Waals surface area contributed by atoms with Crippen LogP contribution in [0.2, 0.25) is 0 Å². The van der Waals surface area contributed by atoms with Gasteiger partial charge in [0.05, 0.1) is 25.8 Å². The number of benzene rings is 1. The van der Waals surface area contributed by atoms with E-state index in [1.54, 1.807) is 32.4 Å². The molecule has 2 saturated heterocycles. The van der Waals surface area contributed by atoms with Gasteiger partial charge in [-0.15, -0.1) is 10.2 Å². The fourth-order valence-electron chi connectivity index (χ4n) is 4.44. The minimum absolute atomic E-state index is 0.0129. The summed E-state index contributed by atoms with van der Waals surface area (Å²) in [6.45, 7) is 6.42. The first-order valence-electron chi connectivity index (χ1n) is 9.90. The number of rotatable bonds is 5. The number of methoxy groups -OCH3 is 2. The molecule has 0 N–H and O–H groups in total. The lowest BCUT2D eigenvalue weighted by atomic mass is 9.77. The van der Waals surface area contributed by atoms with Gasteiger partial charge in [0.1, 0.15) is 11.5 Å². The lowest BCUT2D eigenvalue weighted by Gasteiger charge is -2.48. The molecule has 0 saturated carbocycles. The zero-order chi connectivity index (χ0) is 20.8. The minimum atomic E-state index is -0.0129. The second-order valence-electron chi connectivity index (χ2n) is 8.50. The van der Waals surface area contributed by atoms with Gasteiger partial charge in [-0.3, -0.25) is 9.69 Å². The van der Waals surface area contributed by atoms with E-state index in [0.717, 1.165) is 13.0 Å². The summed E-state index contributed by atoms with van der Waals surface area (Å²) in [7, 11) is 5.24. The third-order valence-corrected chi connectivity index (χ3v) is 5.96. The summed E-state index contributed by atoms with van der Waals surface area (Å²) in [4.78, 5) is 17.1. The van der Waals surface area contributed by atoms with Crippen LogP contribution in [0.3, 0.4) is 0 Å². The van der Waals surface area contributed by atoms with Crippen molar-refractivity contribution in [2.75, 3.05) is 40.9 Å². The van der Waals surface area contributed by atoms with Crippen molar-refractivity contribution in [3.8, 4) is 11.5 Å². The molecule has 3 heterocycles. The number of carbonyl (C=O) groups excluding carboxylic acids is 1. The molecule has 0 radical (unpaired) electrons. The second kappa shape index (κ2) is 7.33. The van der Waals surface area contributed by atoms with Crippen LogP contribution >= 0.6 is 0 Å². The summed E-state index contributed by atoms with van der Waals surface area (Å²) in [5.41, 5.74) is 0.630. The van der Waals surface area contributed by atoms with Crippen LogP contribution in [-0.4, -0.2) is 66.8 Å². The monoisotopic (exact) mass is 400 g/mol. The van der Waals surface area contributed by atoms with Gasteiger partial charge < -0.3 is 18.8 Å². The third kappa shape index (κ3) is 3.46. The summed E-state index contributed by atoms with van der Waals surface area (Å²) < 4.78 is 16.5. The van der Waals surface area contributed by atoms with E-state index in [1.807, 2.05) is 18.7 Å². The highest BCUT2D eigenvalue weighted by molar-refractivity contribution is 5.97. The first-order valence-corrected chi connectivity index (χ1v) is 9.90. The van der Waals surface area contributed by atoms with Crippen LogP contribution in [0.15, 0.2) is 22.6 Å². The Labute approximate surface area is 170 Å². The Kier molecular flexibility index (Phi) is 4.98. The number of hydrogen-bond donors (Lipinski definition) is 0. The lowest BCUT2D eigenvalue weighted by molar-refractivity contribution is 0.0112. The fourth-order valence-corrected chi connectivity index (χ4v) is 4.44. The average molecular weight is 400 g/mol. The molecule has 8 nitrogen and oxygen atoms in total. The number of carbonyl (C=O) groups is 1. The van der Waals surface area contributed by atoms with Gasteiger partial charge in [0.2, 0.25) is 11.8 Å². The molecule has 0 bridgehead atoms. The van der Waals surface area contributed by atoms with Crippen molar-refractivity contribution in [1.82, 2.24) is 20.0 Å². The van der Waals surface area contributed by atoms with Gasteiger partial charge in [0.25, 0.3) is 5.91 Å². The lowest BCUT2D eigenvalue weighted by Crippen LogP contribution is -2.59. The summed E-state index contributed by atoms with van der Waals surface area (Å²) in [6.07, 6.45) is 0.909. The van der Waals surface area contributed by atoms with E-state index >= 15 is 0 Å². The Hall–Kier alpha value is -2.61. The van der Waals surface area contributed by atoms with E-state index < -0.39 is 0 Å². The molecule has 1 unspecified atom stereocenters. The Balaban J connectivity index is 1.44. The average Bonchev–Trinajstić information content (AvgIpc) is 3.30. The molecule has 29 heavy (non-hydrogen) atoms. The van der Waals surface area contributed by atoms with Gasteiger partial charge in [0.15, 0.2) is 0 Å². The topological polar surface area (TPSA) is 80.9 Å². The molecule has 2 aliphatic heterocycles. The molecule has 8 heteroatoms. The second-order valence-corrected chi connectivity index (χ2v) is 8.50. The molecule has 156 valence electrons. The van der Waals surface area contributed by atoms with E-state index in [9.17, 15) is 4.79 Å². The molecular formula is C21H28N4O4. The van der Waals surface area contributed by atoms with Crippen molar-refractivity contribution >= 4 is 5.91 Å². The Morgan fingerprint density at radius 1 is 1.21 bits per heavy atom. The number of ether oxygens (including phenoxy) is 2. The van der Waals surface area contributed by atoms with E-state index in [4.69, 9.17) is 13.9 Å². The number of hydrogen-bond acceptors (Lipinski definition) is 7. The van der Waals surface area contributed by atoms with Gasteiger partial charge in [-0.1, -0.05) is 13.8 Å². The SMILES string of the molecule is COc1ccc(C(=O)N2CC3(CC(c4nnc(C(C)C)o4)N(C)C3)C2)c(OC)c1. The minimum Gasteiger partial charge on any atom is -0.497 e. The van der Waals surface area contributed by atoms with Crippen LogP contribution in [0.25, 0.3) is 0 Å². The van der Waals surface area contributed by atoms with Crippen molar-refractivity contribution < 1.29 is 18.7 Å². The van der Waals surface area contributed by atoms with Crippen molar-refractivity contribution in [3.63, 3.8) is 0 Å². The quantitative estimate of drug-likeness (QED) is 0.763. The van der Waals surface area contributed by atoms with Crippen LogP contribution in [0.1, 0.15) is 54.4 Å². The molecule has 2 aromatic rings. The molecule has 2 aliphatic rings. The maximum Gasteiger partial charge on any atom is 0.257 e. The Bertz CT molecular complexity index is 904. The molecule has 2 fully saturated rings. The Morgan fingerprint density at radius 2 is 1.97 bits per heavy atom. The molecule has 1 atom stereocenters. The van der Waals surface area contributed by atoms with Crippen LogP contribution in [0.5, 0.6) is 11.5 Å². The van der Waals surface area contributed by atoms with Crippen molar-refractivity contribution in [1.29, 1.82) is 0 Å². The van der Waals surface area contributed by atoms with Crippen LogP contribution in [0.4, 0.5) is 0 Å². The van der Waals surface area contributed by atoms with Gasteiger partial charge in [-0.05, 0) is 25.6 Å². The highest BCUT2D eigenvalue weighted by atomic mass is 16.5. The Morgan fingerprint density at radius 3 is 2.59 bits per heavy atom. The van der Waals surface area contributed by atoms with Crippen molar-refractivity contribution in [2.24, 2.45) is 5.41 Å². The zero-order valence-corrected chi connectivity index (χ0v) is 17.6. The summed E-state index contributed by atoms with van der Waals surface area (Å²) in [5, 5.41) is 8.44. The van der Waals surface area contributed by atoms with Gasteiger partial charge >= 0.3 is 0 Å². The van der Waals surface area contributed by atoms with Gasteiger partial charge in [-0.25, -0.2) is 0 Å². The fraction of sp³-hybridized carbons (Fsp3) is 0.571. The summed E-state index contributed by atoms with van der Waals surface area (Å²) >= 11 is 0. The van der Waals surface area contributed by atoms with E-state index in [1.165, 1.54) is 0 Å². The zero-order valence-electron chi connectivity index (χ0n) is 17.6. The molecule has 4 rings (SSSR count). The van der Waals surface area contributed by atoms with Crippen molar-refractivity contribution in [2.45, 2.75) is 32.2 Å². The number of amides is 1. The van der Waals surface area contributed by atoms with Crippen LogP contribution < -0.4 is 9.47 Å². The smallest absolute Gasteiger partial charge is 0.257 e. The highest BCUT2D eigenvalue weighted by Crippen LogP contribution is 2.48. The van der Waals surface area contributed by atoms with Crippen molar-refractivity contribution in [3.05, 3.63) is 35.5 Å². The first kappa shape index (κ1) is 19.7. The molecule has 1 spiro atoms. The first-order chi connectivity index (χ1) is 13.9. The molecule has 1 aromatic carbocycles. The van der Waals surface area contributed by atoms with E-state index in [-0.39, 0.29) is 23.3 Å². The molecular weight excluding hydrogens is 372 g/mol. The maximum absolute atomic E-state index is 13.0. The maximum atomic E-state index is 13.0. The summed E-state index contributed by atoms with van der Waals surface area (Å²) in [5.74, 6) is 2.75. The number of nitrogens with zero attached hydrogens (tertiary/aromatic N) is 4. The van der Waals surface area contributed by atoms with Crippen LogP contribution in [0, 0.1) is 5.41 Å². The number of likely N-dealkylation sites (tertiary alicyclic amines) is 2. The molecule has 1 aromatic heterocycles. The van der Waals surface area contributed by atoms with E-state index in [2.05, 4.69) is 22.1 Å². The highest BCUT2D eigenvalue weighted by Gasteiger charge is 2.53. The summed E-state index contributed by atoms with van der Waals surface area (Å²) in [6, 6.07) is 5.39. The van der Waals surface area contributed by atoms with Gasteiger partial charge in [0, 0.05) is 37.0 Å². The predicted octanol–water partition coefficient (Wildman–Crippen LogP) is 2.73. The molecule has 0 aliphatic carbocycles. The van der Waals surface area contributed by atoms with Gasteiger partial charge in [-0.2, -0.15) is 0 Å². The van der Waals surface area contributed by atoms with Crippen LogP contribution in [-0.2, 0) is 0 Å². The number of aromatic nitrogens is 2. The largest absolute Gasteiger partial charge is 0.497 e. The standard InChI is InChI=1S/C21H28N4O4/c1-13(2)18-22-23-19(29-18)16-9-21(10-24(16)3)11-25(12-21)20(26)15-7-6-14(27-4)8-17(15)28-5/h6-8,13,16H,9-12H2,1-5H3. The predicted molar refractivity (Wildman–Crippen MR) is 106 cm³/mol. The molecule has 1 amide bonds. The normalized spacial score (nSPS) is 20.9. The third-order valence-electron chi connectivity index (χ3n) is 5.96. The van der Waals surface area contributed by atoms with E-state index in [0.29, 0.717) is 41.9 Å².